The molecule has 23 heavy (non-hydrogen) atoms. The fourth-order valence-electron chi connectivity index (χ4n) is 1.75. The molecule has 118 valence electrons. The second-order valence-corrected chi connectivity index (χ2v) is 5.36. The summed E-state index contributed by atoms with van der Waals surface area (Å²) < 4.78 is 6.03. The lowest BCUT2D eigenvalue weighted by atomic mass is 10.2. The maximum absolute atomic E-state index is 11.8. The molecule has 0 saturated carbocycles. The van der Waals surface area contributed by atoms with Crippen LogP contribution in [0.2, 0.25) is 0 Å². The van der Waals surface area contributed by atoms with Crippen molar-refractivity contribution in [2.24, 2.45) is 0 Å². The number of nitrogens with zero attached hydrogens (tertiary/aromatic N) is 1. The SMILES string of the molecule is O=Cc1cc(Br)ccc1OCC(=O)Nc1ccc([N+](=O)[O-])cc1. The molecule has 2 aromatic carbocycles. The monoisotopic (exact) mass is 378 g/mol. The fourth-order valence-corrected chi connectivity index (χ4v) is 2.13. The number of aldehydes is 1. The van der Waals surface area contributed by atoms with Crippen LogP contribution in [0.5, 0.6) is 5.75 Å². The predicted octanol–water partition coefficient (Wildman–Crippen LogP) is 3.19. The zero-order valence-corrected chi connectivity index (χ0v) is 13.3. The molecule has 7 nitrogen and oxygen atoms in total. The van der Waals surface area contributed by atoms with Gasteiger partial charge in [-0.3, -0.25) is 19.7 Å². The summed E-state index contributed by atoms with van der Waals surface area (Å²) in [5, 5.41) is 13.1. The van der Waals surface area contributed by atoms with Crippen LogP contribution in [0.25, 0.3) is 0 Å². The first-order valence-corrected chi connectivity index (χ1v) is 7.20. The number of nitrogens with one attached hydrogen (secondary N) is 1. The van der Waals surface area contributed by atoms with Crippen molar-refractivity contribution < 1.29 is 19.2 Å². The number of carbonyl (C=O) groups is 2. The number of amides is 1. The van der Waals surface area contributed by atoms with Crippen LogP contribution in [0, 0.1) is 10.1 Å². The van der Waals surface area contributed by atoms with E-state index in [2.05, 4.69) is 21.2 Å². The van der Waals surface area contributed by atoms with Gasteiger partial charge >= 0.3 is 0 Å². The Balaban J connectivity index is 1.95. The molecule has 8 heteroatoms. The van der Waals surface area contributed by atoms with Crippen LogP contribution in [-0.4, -0.2) is 23.7 Å². The van der Waals surface area contributed by atoms with Crippen LogP contribution in [-0.2, 0) is 4.79 Å². The van der Waals surface area contributed by atoms with Crippen molar-refractivity contribution in [1.82, 2.24) is 0 Å². The first-order valence-electron chi connectivity index (χ1n) is 6.41. The van der Waals surface area contributed by atoms with Crippen molar-refractivity contribution in [3.8, 4) is 5.75 Å². The molecule has 0 fully saturated rings. The summed E-state index contributed by atoms with van der Waals surface area (Å²) in [6.45, 7) is -0.292. The van der Waals surface area contributed by atoms with E-state index in [0.29, 0.717) is 23.3 Å². The van der Waals surface area contributed by atoms with Gasteiger partial charge in [0.2, 0.25) is 0 Å². The van der Waals surface area contributed by atoms with E-state index < -0.39 is 10.8 Å². The second kappa shape index (κ2) is 7.50. The summed E-state index contributed by atoms with van der Waals surface area (Å²) in [5.74, 6) is -0.152. The number of anilines is 1. The van der Waals surface area contributed by atoms with Crippen molar-refractivity contribution in [3.63, 3.8) is 0 Å². The number of hydrogen-bond donors (Lipinski definition) is 1. The number of non-ortho nitro benzene ring substituents is 1. The molecule has 0 radical (unpaired) electrons. The smallest absolute Gasteiger partial charge is 0.269 e. The Hall–Kier alpha value is -2.74. The molecule has 0 aliphatic rings. The Morgan fingerprint density at radius 2 is 1.96 bits per heavy atom. The third-order valence-corrected chi connectivity index (χ3v) is 3.31. The molecule has 2 aromatic rings. The van der Waals surface area contributed by atoms with Gasteiger partial charge in [-0.25, -0.2) is 0 Å². The topological polar surface area (TPSA) is 98.5 Å². The van der Waals surface area contributed by atoms with Gasteiger partial charge in [0.05, 0.1) is 10.5 Å². The maximum Gasteiger partial charge on any atom is 0.269 e. The summed E-state index contributed by atoms with van der Waals surface area (Å²) in [6, 6.07) is 10.3. The molecule has 0 saturated heterocycles. The first kappa shape index (κ1) is 16.6. The Labute approximate surface area is 139 Å². The van der Waals surface area contributed by atoms with Gasteiger partial charge in [0, 0.05) is 22.3 Å². The maximum atomic E-state index is 11.8. The zero-order valence-electron chi connectivity index (χ0n) is 11.7. The van der Waals surface area contributed by atoms with E-state index in [1.807, 2.05) is 0 Å². The van der Waals surface area contributed by atoms with Crippen LogP contribution >= 0.6 is 15.9 Å². The standard InChI is InChI=1S/C15H11BrN2O5/c16-11-1-6-14(10(7-11)8-19)23-9-15(20)17-12-2-4-13(5-3-12)18(21)22/h1-8H,9H2,(H,17,20). The molecule has 0 spiro atoms. The van der Waals surface area contributed by atoms with Gasteiger partial charge in [0.1, 0.15) is 5.75 Å². The summed E-state index contributed by atoms with van der Waals surface area (Å²) in [4.78, 5) is 32.8. The van der Waals surface area contributed by atoms with Gasteiger partial charge in [-0.05, 0) is 30.3 Å². The van der Waals surface area contributed by atoms with E-state index in [-0.39, 0.29) is 12.3 Å². The highest BCUT2D eigenvalue weighted by molar-refractivity contribution is 9.10. The van der Waals surface area contributed by atoms with E-state index in [9.17, 15) is 19.7 Å². The van der Waals surface area contributed by atoms with Gasteiger partial charge in [-0.2, -0.15) is 0 Å². The van der Waals surface area contributed by atoms with Gasteiger partial charge in [-0.1, -0.05) is 15.9 Å². The Kier molecular flexibility index (Phi) is 5.42. The fraction of sp³-hybridized carbons (Fsp3) is 0.0667. The average Bonchev–Trinajstić information content (AvgIpc) is 2.54. The first-order chi connectivity index (χ1) is 11.0. The van der Waals surface area contributed by atoms with E-state index in [0.717, 1.165) is 4.47 Å². The summed E-state index contributed by atoms with van der Waals surface area (Å²) in [5.41, 5.74) is 0.669. The van der Waals surface area contributed by atoms with Crippen LogP contribution < -0.4 is 10.1 Å². The average molecular weight is 379 g/mol. The lowest BCUT2D eigenvalue weighted by Crippen LogP contribution is -2.20. The summed E-state index contributed by atoms with van der Waals surface area (Å²) in [7, 11) is 0. The minimum absolute atomic E-state index is 0.0651. The second-order valence-electron chi connectivity index (χ2n) is 4.44. The molecule has 0 aromatic heterocycles. The molecule has 0 bridgehead atoms. The molecule has 1 N–H and O–H groups in total. The van der Waals surface area contributed by atoms with Crippen molar-refractivity contribution >= 4 is 39.5 Å². The largest absolute Gasteiger partial charge is 0.483 e. The van der Waals surface area contributed by atoms with Crippen LogP contribution in [0.3, 0.4) is 0 Å². The van der Waals surface area contributed by atoms with Gasteiger partial charge in [0.25, 0.3) is 11.6 Å². The number of nitro benzene ring substituents is 1. The number of benzene rings is 2. The van der Waals surface area contributed by atoms with E-state index in [1.54, 1.807) is 18.2 Å². The predicted molar refractivity (Wildman–Crippen MR) is 86.8 cm³/mol. The van der Waals surface area contributed by atoms with E-state index in [4.69, 9.17) is 4.74 Å². The normalized spacial score (nSPS) is 9.96. The molecule has 0 unspecified atom stereocenters. The van der Waals surface area contributed by atoms with E-state index >= 15 is 0 Å². The highest BCUT2D eigenvalue weighted by Crippen LogP contribution is 2.21. The van der Waals surface area contributed by atoms with Crippen molar-refractivity contribution in [1.29, 1.82) is 0 Å². The quantitative estimate of drug-likeness (QED) is 0.472. The molecular formula is C15H11BrN2O5. The lowest BCUT2D eigenvalue weighted by Gasteiger charge is -2.09. The molecule has 0 aliphatic heterocycles. The summed E-state index contributed by atoms with van der Waals surface area (Å²) >= 11 is 3.24. The van der Waals surface area contributed by atoms with Crippen LogP contribution in [0.4, 0.5) is 11.4 Å². The highest BCUT2D eigenvalue weighted by atomic mass is 79.9. The lowest BCUT2D eigenvalue weighted by molar-refractivity contribution is -0.384. The molecule has 0 heterocycles. The van der Waals surface area contributed by atoms with E-state index in [1.165, 1.54) is 24.3 Å². The number of ether oxygens (including phenoxy) is 1. The molecule has 0 aliphatic carbocycles. The van der Waals surface area contributed by atoms with Crippen molar-refractivity contribution in [2.75, 3.05) is 11.9 Å². The minimum Gasteiger partial charge on any atom is -0.483 e. The number of rotatable bonds is 6. The van der Waals surface area contributed by atoms with Crippen LogP contribution in [0.15, 0.2) is 46.9 Å². The number of nitro groups is 1. The minimum atomic E-state index is -0.525. The third kappa shape index (κ3) is 4.62. The number of halogens is 1. The molecule has 2 rings (SSSR count). The Morgan fingerprint density at radius 1 is 1.26 bits per heavy atom. The zero-order chi connectivity index (χ0) is 16.8. The van der Waals surface area contributed by atoms with Crippen LogP contribution in [0.1, 0.15) is 10.4 Å². The Morgan fingerprint density at radius 3 is 2.57 bits per heavy atom. The highest BCUT2D eigenvalue weighted by Gasteiger charge is 2.09. The van der Waals surface area contributed by atoms with Gasteiger partial charge in [-0.15, -0.1) is 0 Å². The van der Waals surface area contributed by atoms with Gasteiger partial charge < -0.3 is 10.1 Å². The van der Waals surface area contributed by atoms with Crippen molar-refractivity contribution in [2.45, 2.75) is 0 Å². The number of carbonyl (C=O) groups excluding carboxylic acids is 2. The number of hydrogen-bond acceptors (Lipinski definition) is 5. The Bertz CT molecular complexity index is 746. The third-order valence-electron chi connectivity index (χ3n) is 2.82. The summed E-state index contributed by atoms with van der Waals surface area (Å²) in [6.07, 6.45) is 0.633. The van der Waals surface area contributed by atoms with Crippen molar-refractivity contribution in [3.05, 3.63) is 62.6 Å². The molecule has 1 amide bonds. The molecular weight excluding hydrogens is 368 g/mol. The van der Waals surface area contributed by atoms with Gasteiger partial charge in [0.15, 0.2) is 12.9 Å². The molecule has 0 atom stereocenters.